The van der Waals surface area contributed by atoms with Gasteiger partial charge < -0.3 is 19.7 Å². The zero-order valence-electron chi connectivity index (χ0n) is 20.8. The number of hydrogen-bond acceptors (Lipinski definition) is 4. The Morgan fingerprint density at radius 1 is 1.00 bits per heavy atom. The zero-order valence-corrected chi connectivity index (χ0v) is 20.8. The molecule has 2 aromatic carbocycles. The molecular formula is C27H38N2O4. The number of nitrogens with one attached hydrogen (secondary N) is 1. The first-order valence-corrected chi connectivity index (χ1v) is 11.7. The Balaban J connectivity index is 2.19. The van der Waals surface area contributed by atoms with Gasteiger partial charge in [0.2, 0.25) is 5.91 Å². The van der Waals surface area contributed by atoms with Gasteiger partial charge in [-0.25, -0.2) is 0 Å². The van der Waals surface area contributed by atoms with Crippen molar-refractivity contribution < 1.29 is 19.1 Å². The van der Waals surface area contributed by atoms with E-state index >= 15 is 0 Å². The fourth-order valence-electron chi connectivity index (χ4n) is 3.49. The number of carbonyl (C=O) groups is 2. The van der Waals surface area contributed by atoms with E-state index in [4.69, 9.17) is 9.47 Å². The lowest BCUT2D eigenvalue weighted by Crippen LogP contribution is -2.50. The molecule has 33 heavy (non-hydrogen) atoms. The molecule has 0 aliphatic carbocycles. The number of carbonyl (C=O) groups excluding carboxylic acids is 2. The van der Waals surface area contributed by atoms with Crippen LogP contribution in [0.3, 0.4) is 0 Å². The summed E-state index contributed by atoms with van der Waals surface area (Å²) in [7, 11) is 1.61. The lowest BCUT2D eigenvalue weighted by atomic mass is 10.0. The molecule has 180 valence electrons. The second-order valence-corrected chi connectivity index (χ2v) is 8.95. The van der Waals surface area contributed by atoms with Gasteiger partial charge >= 0.3 is 0 Å². The van der Waals surface area contributed by atoms with Gasteiger partial charge in [-0.3, -0.25) is 9.59 Å². The van der Waals surface area contributed by atoms with Crippen molar-refractivity contribution >= 4 is 11.8 Å². The summed E-state index contributed by atoms with van der Waals surface area (Å²) in [5.74, 6) is 1.70. The van der Waals surface area contributed by atoms with Crippen LogP contribution in [-0.2, 0) is 16.1 Å². The molecule has 2 aromatic rings. The third kappa shape index (κ3) is 8.12. The predicted octanol–water partition coefficient (Wildman–Crippen LogP) is 4.78. The molecule has 0 aromatic heterocycles. The number of ether oxygens (including phenoxy) is 2. The number of methoxy groups -OCH3 is 1. The Labute approximate surface area is 198 Å². The molecule has 1 unspecified atom stereocenters. The molecule has 1 atom stereocenters. The summed E-state index contributed by atoms with van der Waals surface area (Å²) in [6, 6.07) is 14.7. The number of amides is 2. The average Bonchev–Trinajstić information content (AvgIpc) is 2.81. The maximum Gasteiger partial charge on any atom is 0.261 e. The van der Waals surface area contributed by atoms with E-state index in [-0.39, 0.29) is 18.4 Å². The maximum atomic E-state index is 13.3. The van der Waals surface area contributed by atoms with Crippen molar-refractivity contribution in [2.24, 2.45) is 5.92 Å². The molecule has 0 heterocycles. The van der Waals surface area contributed by atoms with Gasteiger partial charge in [0, 0.05) is 13.1 Å². The molecule has 0 aliphatic heterocycles. The SMILES string of the molecule is CCC(C(=O)NCC(C)C)N(Cc1cccc(OC)c1)C(=O)COc1ccc(C(C)C)cc1. The highest BCUT2D eigenvalue weighted by Gasteiger charge is 2.29. The summed E-state index contributed by atoms with van der Waals surface area (Å²) in [4.78, 5) is 27.8. The number of rotatable bonds is 12. The minimum atomic E-state index is -0.589. The Bertz CT molecular complexity index is 893. The lowest BCUT2D eigenvalue weighted by molar-refractivity contribution is -0.143. The van der Waals surface area contributed by atoms with Crippen molar-refractivity contribution in [3.05, 3.63) is 59.7 Å². The van der Waals surface area contributed by atoms with Crippen LogP contribution < -0.4 is 14.8 Å². The van der Waals surface area contributed by atoms with E-state index in [9.17, 15) is 9.59 Å². The smallest absolute Gasteiger partial charge is 0.261 e. The van der Waals surface area contributed by atoms with Gasteiger partial charge in [-0.05, 0) is 53.6 Å². The van der Waals surface area contributed by atoms with Crippen LogP contribution in [0.15, 0.2) is 48.5 Å². The van der Waals surface area contributed by atoms with Gasteiger partial charge in [0.15, 0.2) is 6.61 Å². The quantitative estimate of drug-likeness (QED) is 0.501. The van der Waals surface area contributed by atoms with Crippen molar-refractivity contribution in [3.8, 4) is 11.5 Å². The minimum absolute atomic E-state index is 0.140. The van der Waals surface area contributed by atoms with Crippen LogP contribution >= 0.6 is 0 Å². The molecule has 1 N–H and O–H groups in total. The Hall–Kier alpha value is -3.02. The fourth-order valence-corrected chi connectivity index (χ4v) is 3.49. The predicted molar refractivity (Wildman–Crippen MR) is 131 cm³/mol. The Morgan fingerprint density at radius 2 is 1.70 bits per heavy atom. The molecule has 0 bridgehead atoms. The molecule has 0 saturated heterocycles. The van der Waals surface area contributed by atoms with Gasteiger partial charge in [0.25, 0.3) is 5.91 Å². The van der Waals surface area contributed by atoms with E-state index in [0.29, 0.717) is 42.8 Å². The van der Waals surface area contributed by atoms with Crippen LogP contribution in [0.1, 0.15) is 58.1 Å². The van der Waals surface area contributed by atoms with Crippen molar-refractivity contribution in [1.29, 1.82) is 0 Å². The molecule has 0 aliphatic rings. The standard InChI is InChI=1S/C27H38N2O4/c1-7-25(27(31)28-16-19(2)3)29(17-21-9-8-10-24(15-21)32-6)26(30)18-33-23-13-11-22(12-14-23)20(4)5/h8-15,19-20,25H,7,16-18H2,1-6H3,(H,28,31). The van der Waals surface area contributed by atoms with Crippen LogP contribution in [0, 0.1) is 5.92 Å². The number of benzene rings is 2. The van der Waals surface area contributed by atoms with E-state index in [1.807, 2.05) is 69.3 Å². The Kier molecular flexibility index (Phi) is 10.2. The van der Waals surface area contributed by atoms with Gasteiger partial charge in [-0.1, -0.05) is 58.9 Å². The largest absolute Gasteiger partial charge is 0.497 e. The van der Waals surface area contributed by atoms with Crippen LogP contribution in [-0.4, -0.2) is 43.0 Å². The van der Waals surface area contributed by atoms with Crippen molar-refractivity contribution in [2.75, 3.05) is 20.3 Å². The highest BCUT2D eigenvalue weighted by atomic mass is 16.5. The molecule has 6 heteroatoms. The number of nitrogens with zero attached hydrogens (tertiary/aromatic N) is 1. The van der Waals surface area contributed by atoms with Gasteiger partial charge in [0.1, 0.15) is 17.5 Å². The molecule has 2 amide bonds. The summed E-state index contributed by atoms with van der Waals surface area (Å²) in [6.07, 6.45) is 0.503. The fraction of sp³-hybridized carbons (Fsp3) is 0.481. The van der Waals surface area contributed by atoms with Crippen LogP contribution in [0.4, 0.5) is 0 Å². The maximum absolute atomic E-state index is 13.3. The first kappa shape index (κ1) is 26.2. The normalized spacial score (nSPS) is 11.9. The lowest BCUT2D eigenvalue weighted by Gasteiger charge is -2.31. The van der Waals surface area contributed by atoms with E-state index in [1.54, 1.807) is 12.0 Å². The van der Waals surface area contributed by atoms with Crippen LogP contribution in [0.25, 0.3) is 0 Å². The first-order valence-electron chi connectivity index (χ1n) is 11.7. The summed E-state index contributed by atoms with van der Waals surface area (Å²) >= 11 is 0. The average molecular weight is 455 g/mol. The van der Waals surface area contributed by atoms with Gasteiger partial charge in [-0.15, -0.1) is 0 Å². The summed E-state index contributed by atoms with van der Waals surface area (Å²) < 4.78 is 11.1. The molecule has 0 radical (unpaired) electrons. The van der Waals surface area contributed by atoms with Crippen LogP contribution in [0.5, 0.6) is 11.5 Å². The Morgan fingerprint density at radius 3 is 2.27 bits per heavy atom. The third-order valence-corrected chi connectivity index (χ3v) is 5.47. The molecule has 0 spiro atoms. The van der Waals surface area contributed by atoms with E-state index in [0.717, 1.165) is 5.56 Å². The van der Waals surface area contributed by atoms with E-state index in [1.165, 1.54) is 5.56 Å². The van der Waals surface area contributed by atoms with Crippen LogP contribution in [0.2, 0.25) is 0 Å². The van der Waals surface area contributed by atoms with Crippen molar-refractivity contribution in [1.82, 2.24) is 10.2 Å². The van der Waals surface area contributed by atoms with Gasteiger partial charge in [0.05, 0.1) is 7.11 Å². The van der Waals surface area contributed by atoms with E-state index in [2.05, 4.69) is 19.2 Å². The highest BCUT2D eigenvalue weighted by Crippen LogP contribution is 2.20. The zero-order chi connectivity index (χ0) is 24.4. The second kappa shape index (κ2) is 12.9. The minimum Gasteiger partial charge on any atom is -0.497 e. The van der Waals surface area contributed by atoms with Crippen molar-refractivity contribution in [3.63, 3.8) is 0 Å². The second-order valence-electron chi connectivity index (χ2n) is 8.95. The first-order chi connectivity index (χ1) is 15.7. The third-order valence-electron chi connectivity index (χ3n) is 5.47. The molecule has 6 nitrogen and oxygen atoms in total. The molecule has 0 fully saturated rings. The van der Waals surface area contributed by atoms with Gasteiger partial charge in [-0.2, -0.15) is 0 Å². The van der Waals surface area contributed by atoms with Crippen molar-refractivity contribution in [2.45, 2.75) is 59.5 Å². The summed E-state index contributed by atoms with van der Waals surface area (Å²) in [5, 5.41) is 2.97. The summed E-state index contributed by atoms with van der Waals surface area (Å²) in [6.45, 7) is 11.0. The van der Waals surface area contributed by atoms with E-state index < -0.39 is 6.04 Å². The topological polar surface area (TPSA) is 67.9 Å². The monoisotopic (exact) mass is 454 g/mol. The molecule has 2 rings (SSSR count). The molecule has 0 saturated carbocycles. The molecular weight excluding hydrogens is 416 g/mol. The highest BCUT2D eigenvalue weighted by molar-refractivity contribution is 5.88. The number of hydrogen-bond donors (Lipinski definition) is 1. The summed E-state index contributed by atoms with van der Waals surface area (Å²) in [5.41, 5.74) is 2.10.